The van der Waals surface area contributed by atoms with Crippen molar-refractivity contribution in [2.75, 3.05) is 13.7 Å². The topological polar surface area (TPSA) is 87.7 Å². The summed E-state index contributed by atoms with van der Waals surface area (Å²) in [6, 6.07) is 5.79. The van der Waals surface area contributed by atoms with Crippen LogP contribution >= 0.6 is 12.2 Å². The first-order chi connectivity index (χ1) is 14.4. The van der Waals surface area contributed by atoms with Gasteiger partial charge in [-0.05, 0) is 55.6 Å². The summed E-state index contributed by atoms with van der Waals surface area (Å²) >= 11 is 5.36. The number of carbonyl (C=O) groups is 3. The maximum absolute atomic E-state index is 12.9. The summed E-state index contributed by atoms with van der Waals surface area (Å²) in [5, 5.41) is 6.33. The van der Waals surface area contributed by atoms with Crippen molar-refractivity contribution in [2.45, 2.75) is 44.7 Å². The summed E-state index contributed by atoms with van der Waals surface area (Å²) in [5.41, 5.74) is 0.815. The van der Waals surface area contributed by atoms with E-state index in [9.17, 15) is 18.8 Å². The molecule has 9 heteroatoms. The van der Waals surface area contributed by atoms with Crippen LogP contribution in [-0.2, 0) is 25.7 Å². The molecule has 30 heavy (non-hydrogen) atoms. The van der Waals surface area contributed by atoms with Gasteiger partial charge in [0.2, 0.25) is 11.8 Å². The second-order valence-corrected chi connectivity index (χ2v) is 8.08. The van der Waals surface area contributed by atoms with Crippen molar-refractivity contribution in [1.82, 2.24) is 15.5 Å². The van der Waals surface area contributed by atoms with Crippen molar-refractivity contribution in [3.63, 3.8) is 0 Å². The molecule has 7 nitrogen and oxygen atoms in total. The number of hydrogen-bond donors (Lipinski definition) is 2. The van der Waals surface area contributed by atoms with Crippen LogP contribution in [0.3, 0.4) is 0 Å². The van der Waals surface area contributed by atoms with Gasteiger partial charge in [0.25, 0.3) is 0 Å². The predicted octanol–water partition coefficient (Wildman–Crippen LogP) is 1.90. The van der Waals surface area contributed by atoms with Crippen molar-refractivity contribution < 1.29 is 23.5 Å². The molecule has 0 radical (unpaired) electrons. The van der Waals surface area contributed by atoms with Crippen LogP contribution < -0.4 is 10.6 Å². The fraction of sp³-hybridized carbons (Fsp3) is 0.524. The Morgan fingerprint density at radius 2 is 2.03 bits per heavy atom. The number of amides is 2. The van der Waals surface area contributed by atoms with Crippen molar-refractivity contribution in [1.29, 1.82) is 0 Å². The van der Waals surface area contributed by atoms with Gasteiger partial charge in [-0.2, -0.15) is 0 Å². The second-order valence-electron chi connectivity index (χ2n) is 7.69. The fourth-order valence-electron chi connectivity index (χ4n) is 4.04. The molecule has 3 atom stereocenters. The number of benzene rings is 1. The number of carbonyl (C=O) groups excluding carboxylic acids is 3. The number of methoxy groups -OCH3 is 1. The summed E-state index contributed by atoms with van der Waals surface area (Å²) < 4.78 is 17.7. The Morgan fingerprint density at radius 3 is 2.73 bits per heavy atom. The van der Waals surface area contributed by atoms with Gasteiger partial charge in [-0.25, -0.2) is 4.39 Å². The lowest BCUT2D eigenvalue weighted by atomic mass is 9.76. The van der Waals surface area contributed by atoms with Crippen LogP contribution in [0.1, 0.15) is 37.7 Å². The summed E-state index contributed by atoms with van der Waals surface area (Å²) in [5.74, 6) is -1.18. The molecule has 162 valence electrons. The average molecular weight is 436 g/mol. The minimum Gasteiger partial charge on any atom is -0.469 e. The zero-order valence-corrected chi connectivity index (χ0v) is 17.7. The predicted molar refractivity (Wildman–Crippen MR) is 112 cm³/mol. The molecule has 1 heterocycles. The second kappa shape index (κ2) is 9.97. The zero-order valence-electron chi connectivity index (χ0n) is 16.9. The normalized spacial score (nSPS) is 23.4. The molecule has 3 unspecified atom stereocenters. The zero-order chi connectivity index (χ0) is 21.7. The lowest BCUT2D eigenvalue weighted by molar-refractivity contribution is -0.149. The summed E-state index contributed by atoms with van der Waals surface area (Å²) in [6.07, 6.45) is 2.49. The van der Waals surface area contributed by atoms with Gasteiger partial charge in [0.1, 0.15) is 5.82 Å². The van der Waals surface area contributed by atoms with Crippen LogP contribution in [0.5, 0.6) is 0 Å². The van der Waals surface area contributed by atoms with Gasteiger partial charge in [-0.3, -0.25) is 19.3 Å². The van der Waals surface area contributed by atoms with E-state index in [-0.39, 0.29) is 47.9 Å². The first-order valence-electron chi connectivity index (χ1n) is 10.1. The van der Waals surface area contributed by atoms with E-state index in [1.165, 1.54) is 24.1 Å². The van der Waals surface area contributed by atoms with Crippen LogP contribution in [0.2, 0.25) is 0 Å². The van der Waals surface area contributed by atoms with Gasteiger partial charge in [-0.1, -0.05) is 12.1 Å². The van der Waals surface area contributed by atoms with Gasteiger partial charge in [0.15, 0.2) is 5.11 Å². The SMILES string of the molecule is COC(=O)C1CCC2C(=O)N(CCCC(=O)NCc3ccc(F)cc3)C(=S)NC2C1. The minimum atomic E-state index is -0.318. The standard InChI is InChI=1S/C21H26FN3O4S/c1-29-20(28)14-6-9-16-17(11-14)24-21(30)25(19(16)27)10-2-3-18(26)23-12-13-4-7-15(22)8-5-13/h4-5,7-8,14,16-17H,2-3,6,9-12H2,1H3,(H,23,26)(H,24,30). The average Bonchev–Trinajstić information content (AvgIpc) is 2.74. The fourth-order valence-corrected chi connectivity index (χ4v) is 4.38. The highest BCUT2D eigenvalue weighted by molar-refractivity contribution is 7.80. The molecule has 1 saturated heterocycles. The van der Waals surface area contributed by atoms with E-state index in [4.69, 9.17) is 17.0 Å². The quantitative estimate of drug-likeness (QED) is 0.503. The van der Waals surface area contributed by atoms with E-state index < -0.39 is 0 Å². The molecule has 3 rings (SSSR count). The van der Waals surface area contributed by atoms with Gasteiger partial charge in [0, 0.05) is 25.6 Å². The van der Waals surface area contributed by atoms with E-state index in [2.05, 4.69) is 10.6 Å². The van der Waals surface area contributed by atoms with Crippen LogP contribution in [0, 0.1) is 17.7 Å². The maximum atomic E-state index is 12.9. The molecule has 0 bridgehead atoms. The van der Waals surface area contributed by atoms with E-state index >= 15 is 0 Å². The number of nitrogens with one attached hydrogen (secondary N) is 2. The van der Waals surface area contributed by atoms with Crippen molar-refractivity contribution in [3.05, 3.63) is 35.6 Å². The summed E-state index contributed by atoms with van der Waals surface area (Å²) in [6.45, 7) is 0.686. The molecule has 2 aliphatic rings. The highest BCUT2D eigenvalue weighted by Crippen LogP contribution is 2.33. The third-order valence-corrected chi connectivity index (χ3v) is 6.05. The number of esters is 1. The molecular formula is C21H26FN3O4S. The first-order valence-corrected chi connectivity index (χ1v) is 10.5. The summed E-state index contributed by atoms with van der Waals surface area (Å²) in [7, 11) is 1.37. The third kappa shape index (κ3) is 5.33. The number of fused-ring (bicyclic) bond motifs is 1. The molecule has 1 aliphatic heterocycles. The number of ether oxygens (including phenoxy) is 1. The number of thiocarbonyl (C=S) groups is 1. The Morgan fingerprint density at radius 1 is 1.30 bits per heavy atom. The molecule has 0 aromatic heterocycles. The van der Waals surface area contributed by atoms with E-state index in [0.29, 0.717) is 43.9 Å². The third-order valence-electron chi connectivity index (χ3n) is 5.71. The van der Waals surface area contributed by atoms with Gasteiger partial charge in [0.05, 0.1) is 18.9 Å². The van der Waals surface area contributed by atoms with Crippen LogP contribution in [0.15, 0.2) is 24.3 Å². The van der Waals surface area contributed by atoms with Gasteiger partial charge < -0.3 is 15.4 Å². The minimum absolute atomic E-state index is 0.0428. The molecule has 0 spiro atoms. The Hall–Kier alpha value is -2.55. The maximum Gasteiger partial charge on any atom is 0.308 e. The molecule has 2 fully saturated rings. The molecule has 2 amide bonds. The molecular weight excluding hydrogens is 409 g/mol. The van der Waals surface area contributed by atoms with Gasteiger partial charge in [-0.15, -0.1) is 0 Å². The Balaban J connectivity index is 1.44. The number of hydrogen-bond acceptors (Lipinski definition) is 5. The lowest BCUT2D eigenvalue weighted by Gasteiger charge is -2.43. The molecule has 1 aliphatic carbocycles. The van der Waals surface area contributed by atoms with E-state index in [0.717, 1.165) is 5.56 Å². The van der Waals surface area contributed by atoms with Crippen molar-refractivity contribution in [3.8, 4) is 0 Å². The van der Waals surface area contributed by atoms with Crippen LogP contribution in [0.25, 0.3) is 0 Å². The Kier molecular flexibility index (Phi) is 7.36. The molecule has 1 aromatic rings. The molecule has 1 saturated carbocycles. The highest BCUT2D eigenvalue weighted by atomic mass is 32.1. The van der Waals surface area contributed by atoms with E-state index in [1.807, 2.05) is 0 Å². The monoisotopic (exact) mass is 435 g/mol. The first kappa shape index (κ1) is 22.1. The van der Waals surface area contributed by atoms with Gasteiger partial charge >= 0.3 is 5.97 Å². The highest BCUT2D eigenvalue weighted by Gasteiger charge is 2.44. The summed E-state index contributed by atoms with van der Waals surface area (Å²) in [4.78, 5) is 38.3. The van der Waals surface area contributed by atoms with Crippen molar-refractivity contribution in [2.24, 2.45) is 11.8 Å². The molecule has 1 aromatic carbocycles. The number of rotatable bonds is 7. The number of nitrogens with zero attached hydrogens (tertiary/aromatic N) is 1. The van der Waals surface area contributed by atoms with E-state index in [1.54, 1.807) is 12.1 Å². The largest absolute Gasteiger partial charge is 0.469 e. The van der Waals surface area contributed by atoms with Crippen LogP contribution in [-0.4, -0.2) is 47.5 Å². The molecule has 2 N–H and O–H groups in total. The van der Waals surface area contributed by atoms with Crippen molar-refractivity contribution >= 4 is 35.1 Å². The lowest BCUT2D eigenvalue weighted by Crippen LogP contribution is -2.61. The Bertz CT molecular complexity index is 817. The van der Waals surface area contributed by atoms with Crippen LogP contribution in [0.4, 0.5) is 4.39 Å². The number of halogens is 1. The Labute approximate surface area is 180 Å². The smallest absolute Gasteiger partial charge is 0.308 e.